The van der Waals surface area contributed by atoms with E-state index in [1.807, 2.05) is 37.3 Å². The number of hydrogen-bond acceptors (Lipinski definition) is 3. The molecule has 1 heterocycles. The normalized spacial score (nSPS) is 10.4. The molecule has 0 fully saturated rings. The molecule has 2 N–H and O–H groups in total. The number of rotatable bonds is 5. The lowest BCUT2D eigenvalue weighted by Gasteiger charge is -2.07. The van der Waals surface area contributed by atoms with Crippen LogP contribution in [-0.2, 0) is 4.79 Å². The summed E-state index contributed by atoms with van der Waals surface area (Å²) in [5.74, 6) is 0.695. The average Bonchev–Trinajstić information content (AvgIpc) is 2.42. The standard InChI is InChI=1S/C14H16BrN3O/c1-2-7-16-14(19)9-17-13-6-3-10-8-11(15)4-5-12(10)18-13/h3-6,8H,2,7,9H2,1H3,(H,16,19)(H,17,18). The van der Waals surface area contributed by atoms with Crippen LogP contribution in [0.3, 0.4) is 0 Å². The number of nitrogens with zero attached hydrogens (tertiary/aromatic N) is 1. The largest absolute Gasteiger partial charge is 0.361 e. The van der Waals surface area contributed by atoms with Crippen molar-refractivity contribution in [2.24, 2.45) is 0 Å². The second kappa shape index (κ2) is 6.52. The molecule has 0 unspecified atom stereocenters. The van der Waals surface area contributed by atoms with Crippen LogP contribution in [0.4, 0.5) is 5.82 Å². The van der Waals surface area contributed by atoms with Gasteiger partial charge in [-0.25, -0.2) is 4.98 Å². The first-order valence-corrected chi connectivity index (χ1v) is 7.05. The highest BCUT2D eigenvalue weighted by atomic mass is 79.9. The zero-order valence-corrected chi connectivity index (χ0v) is 12.3. The topological polar surface area (TPSA) is 54.0 Å². The number of hydrogen-bond donors (Lipinski definition) is 2. The Morgan fingerprint density at radius 3 is 2.95 bits per heavy atom. The SMILES string of the molecule is CCCNC(=O)CNc1ccc2cc(Br)ccc2n1. The lowest BCUT2D eigenvalue weighted by Crippen LogP contribution is -2.30. The molecule has 1 aromatic heterocycles. The molecule has 0 saturated heterocycles. The number of pyridine rings is 1. The van der Waals surface area contributed by atoms with Crippen LogP contribution in [0.5, 0.6) is 0 Å². The molecule has 2 rings (SSSR count). The van der Waals surface area contributed by atoms with Crippen LogP contribution in [0, 0.1) is 0 Å². The van der Waals surface area contributed by atoms with Gasteiger partial charge in [-0.3, -0.25) is 4.79 Å². The Morgan fingerprint density at radius 1 is 1.32 bits per heavy atom. The van der Waals surface area contributed by atoms with E-state index in [0.29, 0.717) is 12.4 Å². The number of aromatic nitrogens is 1. The Balaban J connectivity index is 2.01. The van der Waals surface area contributed by atoms with Gasteiger partial charge < -0.3 is 10.6 Å². The van der Waals surface area contributed by atoms with Gasteiger partial charge in [-0.15, -0.1) is 0 Å². The molecule has 5 heteroatoms. The molecule has 19 heavy (non-hydrogen) atoms. The quantitative estimate of drug-likeness (QED) is 0.890. The molecule has 1 aromatic carbocycles. The molecule has 0 bridgehead atoms. The summed E-state index contributed by atoms with van der Waals surface area (Å²) in [6.45, 7) is 2.98. The van der Waals surface area contributed by atoms with Gasteiger partial charge in [0.1, 0.15) is 5.82 Å². The van der Waals surface area contributed by atoms with E-state index in [4.69, 9.17) is 0 Å². The Kier molecular flexibility index (Phi) is 4.74. The zero-order chi connectivity index (χ0) is 13.7. The number of fused-ring (bicyclic) bond motifs is 1. The molecule has 0 atom stereocenters. The van der Waals surface area contributed by atoms with Crippen molar-refractivity contribution in [3.8, 4) is 0 Å². The van der Waals surface area contributed by atoms with Crippen LogP contribution < -0.4 is 10.6 Å². The van der Waals surface area contributed by atoms with Crippen molar-refractivity contribution in [2.75, 3.05) is 18.4 Å². The highest BCUT2D eigenvalue weighted by Crippen LogP contribution is 2.19. The van der Waals surface area contributed by atoms with E-state index in [1.165, 1.54) is 0 Å². The van der Waals surface area contributed by atoms with Crippen molar-refractivity contribution in [2.45, 2.75) is 13.3 Å². The summed E-state index contributed by atoms with van der Waals surface area (Å²) in [5.41, 5.74) is 0.905. The number of anilines is 1. The fourth-order valence-electron chi connectivity index (χ4n) is 1.69. The predicted molar refractivity (Wildman–Crippen MR) is 81.2 cm³/mol. The summed E-state index contributed by atoms with van der Waals surface area (Å²) in [7, 11) is 0. The van der Waals surface area contributed by atoms with Gasteiger partial charge in [0.2, 0.25) is 5.91 Å². The summed E-state index contributed by atoms with van der Waals surface area (Å²) >= 11 is 3.43. The predicted octanol–water partition coefficient (Wildman–Crippen LogP) is 2.94. The smallest absolute Gasteiger partial charge is 0.239 e. The third kappa shape index (κ3) is 3.92. The van der Waals surface area contributed by atoms with Gasteiger partial charge in [0.15, 0.2) is 0 Å². The minimum atomic E-state index is -0.0143. The van der Waals surface area contributed by atoms with E-state index in [1.54, 1.807) is 0 Å². The summed E-state index contributed by atoms with van der Waals surface area (Å²) in [4.78, 5) is 15.9. The van der Waals surface area contributed by atoms with E-state index < -0.39 is 0 Å². The maximum Gasteiger partial charge on any atom is 0.239 e. The Bertz CT molecular complexity index is 586. The van der Waals surface area contributed by atoms with Crippen molar-refractivity contribution in [1.82, 2.24) is 10.3 Å². The van der Waals surface area contributed by atoms with E-state index in [0.717, 1.165) is 21.8 Å². The summed E-state index contributed by atoms with van der Waals surface area (Å²) in [5, 5.41) is 6.90. The highest BCUT2D eigenvalue weighted by Gasteiger charge is 2.02. The van der Waals surface area contributed by atoms with E-state index in [9.17, 15) is 4.79 Å². The summed E-state index contributed by atoms with van der Waals surface area (Å²) in [6.07, 6.45) is 0.939. The lowest BCUT2D eigenvalue weighted by atomic mass is 10.2. The van der Waals surface area contributed by atoms with Gasteiger partial charge in [0.05, 0.1) is 12.1 Å². The highest BCUT2D eigenvalue weighted by molar-refractivity contribution is 9.10. The summed E-state index contributed by atoms with van der Waals surface area (Å²) < 4.78 is 1.03. The van der Waals surface area contributed by atoms with Crippen molar-refractivity contribution in [1.29, 1.82) is 0 Å². The van der Waals surface area contributed by atoms with Gasteiger partial charge in [0.25, 0.3) is 0 Å². The third-order valence-corrected chi connectivity index (χ3v) is 3.15. The molecule has 0 aliphatic carbocycles. The molecule has 0 aliphatic rings. The van der Waals surface area contributed by atoms with E-state index in [2.05, 4.69) is 31.5 Å². The first-order valence-electron chi connectivity index (χ1n) is 6.26. The van der Waals surface area contributed by atoms with Crippen LogP contribution in [0.1, 0.15) is 13.3 Å². The van der Waals surface area contributed by atoms with Gasteiger partial charge in [-0.05, 0) is 36.8 Å². The fourth-order valence-corrected chi connectivity index (χ4v) is 2.07. The molecular weight excluding hydrogens is 306 g/mol. The van der Waals surface area contributed by atoms with E-state index >= 15 is 0 Å². The first kappa shape index (κ1) is 13.8. The average molecular weight is 322 g/mol. The number of carbonyl (C=O) groups is 1. The van der Waals surface area contributed by atoms with Gasteiger partial charge >= 0.3 is 0 Å². The van der Waals surface area contributed by atoms with Gasteiger partial charge in [-0.2, -0.15) is 0 Å². The van der Waals surface area contributed by atoms with Gasteiger partial charge in [0, 0.05) is 16.4 Å². The minimum Gasteiger partial charge on any atom is -0.361 e. The Labute approximate surface area is 120 Å². The van der Waals surface area contributed by atoms with Crippen LogP contribution in [0.15, 0.2) is 34.8 Å². The monoisotopic (exact) mass is 321 g/mol. The number of halogens is 1. The first-order chi connectivity index (χ1) is 9.19. The molecule has 0 radical (unpaired) electrons. The molecule has 0 spiro atoms. The van der Waals surface area contributed by atoms with Crippen molar-refractivity contribution in [3.63, 3.8) is 0 Å². The molecule has 1 amide bonds. The van der Waals surface area contributed by atoms with Crippen LogP contribution in [-0.4, -0.2) is 24.0 Å². The van der Waals surface area contributed by atoms with Crippen LogP contribution in [0.25, 0.3) is 10.9 Å². The molecular formula is C14H16BrN3O. The molecule has 0 aliphatic heterocycles. The second-order valence-corrected chi connectivity index (χ2v) is 5.15. The van der Waals surface area contributed by atoms with Crippen LogP contribution in [0.2, 0.25) is 0 Å². The van der Waals surface area contributed by atoms with Gasteiger partial charge in [-0.1, -0.05) is 22.9 Å². The third-order valence-electron chi connectivity index (χ3n) is 2.65. The molecule has 0 saturated carbocycles. The van der Waals surface area contributed by atoms with Crippen LogP contribution >= 0.6 is 15.9 Å². The van der Waals surface area contributed by atoms with Crippen molar-refractivity contribution < 1.29 is 4.79 Å². The number of amides is 1. The lowest BCUT2D eigenvalue weighted by molar-refractivity contribution is -0.119. The number of nitrogens with one attached hydrogen (secondary N) is 2. The Hall–Kier alpha value is -1.62. The van der Waals surface area contributed by atoms with Crippen molar-refractivity contribution >= 4 is 38.6 Å². The van der Waals surface area contributed by atoms with E-state index in [-0.39, 0.29) is 12.5 Å². The second-order valence-electron chi connectivity index (χ2n) is 4.24. The number of benzene rings is 1. The molecule has 2 aromatic rings. The number of carbonyl (C=O) groups excluding carboxylic acids is 1. The molecule has 100 valence electrons. The van der Waals surface area contributed by atoms with Crippen molar-refractivity contribution in [3.05, 3.63) is 34.8 Å². The maximum absolute atomic E-state index is 11.5. The maximum atomic E-state index is 11.5. The zero-order valence-electron chi connectivity index (χ0n) is 10.7. The fraction of sp³-hybridized carbons (Fsp3) is 0.286. The molecule has 4 nitrogen and oxygen atoms in total. The Morgan fingerprint density at radius 2 is 2.16 bits per heavy atom. The minimum absolute atomic E-state index is 0.0143. The summed E-state index contributed by atoms with van der Waals surface area (Å²) in [6, 6.07) is 9.77.